The number of hydrogen-bond donors (Lipinski definition) is 1. The van der Waals surface area contributed by atoms with Gasteiger partial charge in [0.2, 0.25) is 5.91 Å². The fraction of sp³-hybridized carbons (Fsp3) is 0.471. The number of nitrogens with one attached hydrogen (secondary N) is 1. The van der Waals surface area contributed by atoms with E-state index in [1.807, 2.05) is 36.2 Å². The fourth-order valence-corrected chi connectivity index (χ4v) is 2.72. The molecule has 0 aromatic heterocycles. The Morgan fingerprint density at radius 3 is 2.82 bits per heavy atom. The number of nitrogens with zero attached hydrogens (tertiary/aromatic N) is 1. The summed E-state index contributed by atoms with van der Waals surface area (Å²) in [5.41, 5.74) is 0.914. The third-order valence-electron chi connectivity index (χ3n) is 3.92. The monoisotopic (exact) mass is 304 g/mol. The molecule has 120 valence electrons. The van der Waals surface area contributed by atoms with Crippen molar-refractivity contribution in [3.63, 3.8) is 0 Å². The van der Waals surface area contributed by atoms with E-state index >= 15 is 0 Å². The van der Waals surface area contributed by atoms with Crippen molar-refractivity contribution < 1.29 is 14.3 Å². The van der Waals surface area contributed by atoms with Crippen LogP contribution in [0.25, 0.3) is 6.08 Å². The highest BCUT2D eigenvalue weighted by Crippen LogP contribution is 2.28. The first-order valence-electron chi connectivity index (χ1n) is 7.51. The van der Waals surface area contributed by atoms with Crippen molar-refractivity contribution in [1.29, 1.82) is 0 Å². The second kappa shape index (κ2) is 7.84. The number of carbonyl (C=O) groups excluding carboxylic acids is 1. The molecular weight excluding hydrogens is 280 g/mol. The van der Waals surface area contributed by atoms with Gasteiger partial charge < -0.3 is 19.7 Å². The predicted octanol–water partition coefficient (Wildman–Crippen LogP) is 1.78. The van der Waals surface area contributed by atoms with E-state index in [0.717, 1.165) is 31.6 Å². The van der Waals surface area contributed by atoms with Crippen molar-refractivity contribution >= 4 is 12.0 Å². The fourth-order valence-electron chi connectivity index (χ4n) is 2.72. The van der Waals surface area contributed by atoms with Crippen LogP contribution in [0.15, 0.2) is 24.3 Å². The molecule has 1 N–H and O–H groups in total. The molecule has 0 aliphatic carbocycles. The van der Waals surface area contributed by atoms with E-state index < -0.39 is 0 Å². The molecule has 1 heterocycles. The average Bonchev–Trinajstić information content (AvgIpc) is 3.01. The molecule has 1 aromatic rings. The van der Waals surface area contributed by atoms with Gasteiger partial charge in [0.05, 0.1) is 14.2 Å². The van der Waals surface area contributed by atoms with Gasteiger partial charge >= 0.3 is 0 Å². The molecule has 1 saturated heterocycles. The highest BCUT2D eigenvalue weighted by Gasteiger charge is 2.24. The van der Waals surface area contributed by atoms with Crippen LogP contribution in [0.5, 0.6) is 11.5 Å². The van der Waals surface area contributed by atoms with Gasteiger partial charge in [-0.15, -0.1) is 0 Å². The number of benzene rings is 1. The molecule has 1 aromatic carbocycles. The van der Waals surface area contributed by atoms with Crippen LogP contribution < -0.4 is 14.8 Å². The van der Waals surface area contributed by atoms with Crippen molar-refractivity contribution in [1.82, 2.24) is 10.2 Å². The average molecular weight is 304 g/mol. The van der Waals surface area contributed by atoms with Gasteiger partial charge in [0.25, 0.3) is 0 Å². The van der Waals surface area contributed by atoms with Crippen LogP contribution >= 0.6 is 0 Å². The number of likely N-dealkylation sites (tertiary alicyclic amines) is 1. The Morgan fingerprint density at radius 1 is 1.36 bits per heavy atom. The Balaban J connectivity index is 1.98. The van der Waals surface area contributed by atoms with E-state index in [9.17, 15) is 4.79 Å². The maximum Gasteiger partial charge on any atom is 0.246 e. The maximum absolute atomic E-state index is 12.2. The van der Waals surface area contributed by atoms with Crippen molar-refractivity contribution in [2.24, 2.45) is 5.92 Å². The molecule has 1 atom stereocenters. The molecule has 2 rings (SSSR count). The topological polar surface area (TPSA) is 50.8 Å². The number of hydrogen-bond acceptors (Lipinski definition) is 4. The normalized spacial score (nSPS) is 18.0. The largest absolute Gasteiger partial charge is 0.493 e. The van der Waals surface area contributed by atoms with Crippen molar-refractivity contribution in [2.45, 2.75) is 6.42 Å². The number of ether oxygens (including phenoxy) is 2. The molecule has 0 bridgehead atoms. The van der Waals surface area contributed by atoms with E-state index in [4.69, 9.17) is 9.47 Å². The first-order chi connectivity index (χ1) is 10.7. The lowest BCUT2D eigenvalue weighted by atomic mass is 10.1. The highest BCUT2D eigenvalue weighted by molar-refractivity contribution is 5.92. The predicted molar refractivity (Wildman–Crippen MR) is 87.2 cm³/mol. The molecule has 1 amide bonds. The molecule has 22 heavy (non-hydrogen) atoms. The molecule has 1 fully saturated rings. The SMILES string of the molecule is CNCC1CCN(C(=O)/C=C/c2ccc(OC)c(OC)c2)C1. The quantitative estimate of drug-likeness (QED) is 0.814. The summed E-state index contributed by atoms with van der Waals surface area (Å²) < 4.78 is 10.5. The minimum Gasteiger partial charge on any atom is -0.493 e. The molecule has 5 heteroatoms. The zero-order valence-corrected chi connectivity index (χ0v) is 13.5. The zero-order valence-electron chi connectivity index (χ0n) is 13.5. The van der Waals surface area contributed by atoms with Crippen LogP contribution in [0.1, 0.15) is 12.0 Å². The molecule has 5 nitrogen and oxygen atoms in total. The van der Waals surface area contributed by atoms with E-state index in [-0.39, 0.29) is 5.91 Å². The molecule has 1 unspecified atom stereocenters. The van der Waals surface area contributed by atoms with E-state index in [1.165, 1.54) is 0 Å². The van der Waals surface area contributed by atoms with Crippen molar-refractivity contribution in [3.05, 3.63) is 29.8 Å². The van der Waals surface area contributed by atoms with Gasteiger partial charge in [-0.1, -0.05) is 6.07 Å². The third kappa shape index (κ3) is 4.01. The van der Waals surface area contributed by atoms with Crippen LogP contribution in [0.2, 0.25) is 0 Å². The maximum atomic E-state index is 12.2. The van der Waals surface area contributed by atoms with Gasteiger partial charge in [0.1, 0.15) is 0 Å². The van der Waals surface area contributed by atoms with E-state index in [2.05, 4.69) is 5.32 Å². The van der Waals surface area contributed by atoms with Crippen LogP contribution in [0, 0.1) is 5.92 Å². The first kappa shape index (κ1) is 16.4. The van der Waals surface area contributed by atoms with Crippen molar-refractivity contribution in [3.8, 4) is 11.5 Å². The Kier molecular flexibility index (Phi) is 5.83. The number of amides is 1. The molecule has 1 aliphatic rings. The smallest absolute Gasteiger partial charge is 0.246 e. The Hall–Kier alpha value is -2.01. The van der Waals surface area contributed by atoms with Gasteiger partial charge in [-0.25, -0.2) is 0 Å². The number of carbonyl (C=O) groups is 1. The second-order valence-electron chi connectivity index (χ2n) is 5.44. The number of methoxy groups -OCH3 is 2. The van der Waals surface area contributed by atoms with Gasteiger partial charge in [-0.05, 0) is 49.7 Å². The van der Waals surface area contributed by atoms with Gasteiger partial charge in [-0.2, -0.15) is 0 Å². The summed E-state index contributed by atoms with van der Waals surface area (Å²) in [5, 5.41) is 3.17. The van der Waals surface area contributed by atoms with Crippen molar-refractivity contribution in [2.75, 3.05) is 40.9 Å². The Labute approximate surface area is 131 Å². The lowest BCUT2D eigenvalue weighted by molar-refractivity contribution is -0.125. The lowest BCUT2D eigenvalue weighted by Gasteiger charge is -2.14. The summed E-state index contributed by atoms with van der Waals surface area (Å²) in [7, 11) is 5.15. The summed E-state index contributed by atoms with van der Waals surface area (Å²) in [4.78, 5) is 14.1. The van der Waals surface area contributed by atoms with E-state index in [1.54, 1.807) is 20.3 Å². The minimum absolute atomic E-state index is 0.0633. The van der Waals surface area contributed by atoms with Gasteiger partial charge in [-0.3, -0.25) is 4.79 Å². The van der Waals surface area contributed by atoms with Gasteiger partial charge in [0, 0.05) is 19.2 Å². The molecule has 0 saturated carbocycles. The summed E-state index contributed by atoms with van der Waals surface area (Å²) in [6.45, 7) is 2.63. The summed E-state index contributed by atoms with van der Waals surface area (Å²) >= 11 is 0. The summed E-state index contributed by atoms with van der Waals surface area (Å²) in [6.07, 6.45) is 4.51. The number of rotatable bonds is 6. The molecule has 0 spiro atoms. The Morgan fingerprint density at radius 2 is 2.14 bits per heavy atom. The zero-order chi connectivity index (χ0) is 15.9. The van der Waals surface area contributed by atoms with Gasteiger partial charge in [0.15, 0.2) is 11.5 Å². The minimum atomic E-state index is 0.0633. The van der Waals surface area contributed by atoms with Crippen LogP contribution in [0.3, 0.4) is 0 Å². The third-order valence-corrected chi connectivity index (χ3v) is 3.92. The molecule has 0 radical (unpaired) electrons. The van der Waals surface area contributed by atoms with Crippen LogP contribution in [-0.4, -0.2) is 51.7 Å². The second-order valence-corrected chi connectivity index (χ2v) is 5.44. The molecule has 1 aliphatic heterocycles. The summed E-state index contributed by atoms with van der Waals surface area (Å²) in [6, 6.07) is 5.59. The van der Waals surface area contributed by atoms with Crippen LogP contribution in [0.4, 0.5) is 0 Å². The first-order valence-corrected chi connectivity index (χ1v) is 7.51. The summed E-state index contributed by atoms with van der Waals surface area (Å²) in [5.74, 6) is 1.96. The van der Waals surface area contributed by atoms with Crippen LogP contribution in [-0.2, 0) is 4.79 Å². The molecular formula is C17H24N2O3. The lowest BCUT2D eigenvalue weighted by Crippen LogP contribution is -2.28. The Bertz CT molecular complexity index is 543. The highest BCUT2D eigenvalue weighted by atomic mass is 16.5. The standard InChI is InChI=1S/C17H24N2O3/c1-18-11-14-8-9-19(12-14)17(20)7-5-13-4-6-15(21-2)16(10-13)22-3/h4-7,10,14,18H,8-9,11-12H2,1-3H3/b7-5+. The van der Waals surface area contributed by atoms with E-state index in [0.29, 0.717) is 17.4 Å².